The number of carbonyl (C=O) groups excluding carboxylic acids is 1. The van der Waals surface area contributed by atoms with Crippen LogP contribution < -0.4 is 10.2 Å². The van der Waals surface area contributed by atoms with E-state index in [1.165, 1.54) is 42.6 Å². The first-order chi connectivity index (χ1) is 11.1. The first-order valence-corrected chi connectivity index (χ1v) is 6.53. The van der Waals surface area contributed by atoms with E-state index in [1.807, 2.05) is 0 Å². The molecule has 0 spiro atoms. The summed E-state index contributed by atoms with van der Waals surface area (Å²) in [4.78, 5) is 21.6. The highest BCUT2D eigenvalue weighted by Gasteiger charge is 2.05. The van der Waals surface area contributed by atoms with Crippen molar-refractivity contribution in [3.63, 3.8) is 0 Å². The maximum Gasteiger partial charge on any atom is 0.277 e. The molecule has 0 aromatic heterocycles. The molecule has 0 atom stereocenters. The fraction of sp³-hybridized carbons (Fsp3) is 0.0667. The molecule has 8 heteroatoms. The largest absolute Gasteiger partial charge is 0.504 e. The van der Waals surface area contributed by atoms with E-state index < -0.39 is 10.8 Å². The Morgan fingerprint density at radius 1 is 1.26 bits per heavy atom. The number of phenols is 1. The van der Waals surface area contributed by atoms with Crippen molar-refractivity contribution in [3.8, 4) is 11.5 Å². The Labute approximate surface area is 131 Å². The van der Waals surface area contributed by atoms with Gasteiger partial charge < -0.3 is 9.84 Å². The van der Waals surface area contributed by atoms with E-state index in [-0.39, 0.29) is 23.8 Å². The molecule has 0 saturated carbocycles. The number of hydrogen-bond donors (Lipinski definition) is 2. The van der Waals surface area contributed by atoms with Gasteiger partial charge in [0.1, 0.15) is 0 Å². The normalized spacial score (nSPS) is 10.4. The molecule has 2 aromatic carbocycles. The number of hydrazone groups is 1. The zero-order valence-corrected chi connectivity index (χ0v) is 11.9. The predicted molar refractivity (Wildman–Crippen MR) is 82.4 cm³/mol. The van der Waals surface area contributed by atoms with Crippen LogP contribution in [0.2, 0.25) is 0 Å². The number of nitrogens with zero attached hydrogens (tertiary/aromatic N) is 2. The predicted octanol–water partition coefficient (Wildman–Crippen LogP) is 1.83. The number of benzene rings is 2. The van der Waals surface area contributed by atoms with Crippen LogP contribution in [-0.2, 0) is 4.79 Å². The van der Waals surface area contributed by atoms with Gasteiger partial charge in [0.2, 0.25) is 0 Å². The molecule has 0 aliphatic rings. The quantitative estimate of drug-likeness (QED) is 0.479. The molecule has 2 aromatic rings. The third-order valence-electron chi connectivity index (χ3n) is 2.73. The van der Waals surface area contributed by atoms with Crippen LogP contribution in [0.3, 0.4) is 0 Å². The highest BCUT2D eigenvalue weighted by Crippen LogP contribution is 2.23. The summed E-state index contributed by atoms with van der Waals surface area (Å²) in [6.45, 7) is -0.310. The van der Waals surface area contributed by atoms with Gasteiger partial charge in [-0.1, -0.05) is 12.1 Å². The number of non-ortho nitro benzene ring substituents is 1. The van der Waals surface area contributed by atoms with E-state index in [2.05, 4.69) is 10.5 Å². The van der Waals surface area contributed by atoms with Gasteiger partial charge in [0.25, 0.3) is 11.6 Å². The molecule has 0 aliphatic carbocycles. The monoisotopic (exact) mass is 315 g/mol. The van der Waals surface area contributed by atoms with E-state index in [1.54, 1.807) is 12.1 Å². The lowest BCUT2D eigenvalue weighted by atomic mass is 10.2. The molecule has 23 heavy (non-hydrogen) atoms. The van der Waals surface area contributed by atoms with Crippen molar-refractivity contribution in [2.24, 2.45) is 5.10 Å². The Balaban J connectivity index is 1.82. The zero-order valence-electron chi connectivity index (χ0n) is 11.9. The third-order valence-corrected chi connectivity index (χ3v) is 2.73. The maximum atomic E-state index is 11.5. The topological polar surface area (TPSA) is 114 Å². The Bertz CT molecular complexity index is 728. The van der Waals surface area contributed by atoms with Gasteiger partial charge in [-0.3, -0.25) is 14.9 Å². The Hall–Kier alpha value is -3.42. The molecular weight excluding hydrogens is 302 g/mol. The van der Waals surface area contributed by atoms with E-state index in [9.17, 15) is 20.0 Å². The smallest absolute Gasteiger partial charge is 0.277 e. The van der Waals surface area contributed by atoms with E-state index >= 15 is 0 Å². The van der Waals surface area contributed by atoms with Crippen molar-refractivity contribution in [1.82, 2.24) is 5.43 Å². The Kier molecular flexibility index (Phi) is 5.24. The fourth-order valence-electron chi connectivity index (χ4n) is 1.62. The summed E-state index contributed by atoms with van der Waals surface area (Å²) >= 11 is 0. The minimum absolute atomic E-state index is 0.0257. The van der Waals surface area contributed by atoms with Crippen LogP contribution in [0.4, 0.5) is 5.69 Å². The second-order valence-corrected chi connectivity index (χ2v) is 4.40. The Morgan fingerprint density at radius 2 is 1.96 bits per heavy atom. The summed E-state index contributed by atoms with van der Waals surface area (Å²) in [5, 5.41) is 23.7. The minimum atomic E-state index is -0.508. The van der Waals surface area contributed by atoms with Crippen LogP contribution in [-0.4, -0.2) is 28.8 Å². The summed E-state index contributed by atoms with van der Waals surface area (Å²) in [7, 11) is 0. The molecule has 0 radical (unpaired) electrons. The minimum Gasteiger partial charge on any atom is -0.504 e. The van der Waals surface area contributed by atoms with Gasteiger partial charge in [-0.15, -0.1) is 0 Å². The van der Waals surface area contributed by atoms with E-state index in [0.717, 1.165) is 0 Å². The molecular formula is C15H13N3O5. The van der Waals surface area contributed by atoms with Crippen LogP contribution in [0.5, 0.6) is 11.5 Å². The summed E-state index contributed by atoms with van der Waals surface area (Å²) in [5.74, 6) is -0.372. The molecule has 0 saturated heterocycles. The lowest BCUT2D eigenvalue weighted by molar-refractivity contribution is -0.384. The molecule has 1 amide bonds. The number of aromatic hydroxyl groups is 1. The summed E-state index contributed by atoms with van der Waals surface area (Å²) in [6, 6.07) is 12.0. The van der Waals surface area contributed by atoms with Gasteiger partial charge in [-0.2, -0.15) is 5.10 Å². The zero-order chi connectivity index (χ0) is 16.7. The molecule has 2 rings (SSSR count). The Morgan fingerprint density at radius 3 is 2.61 bits per heavy atom. The lowest BCUT2D eigenvalue weighted by Gasteiger charge is -2.06. The summed E-state index contributed by atoms with van der Waals surface area (Å²) in [5.41, 5.74) is 2.82. The van der Waals surface area contributed by atoms with Crippen molar-refractivity contribution in [2.45, 2.75) is 0 Å². The molecule has 8 nitrogen and oxygen atoms in total. The molecule has 118 valence electrons. The average Bonchev–Trinajstić information content (AvgIpc) is 2.54. The van der Waals surface area contributed by atoms with Gasteiger partial charge in [-0.25, -0.2) is 5.43 Å². The highest BCUT2D eigenvalue weighted by molar-refractivity contribution is 5.83. The second kappa shape index (κ2) is 7.55. The molecule has 0 aliphatic heterocycles. The average molecular weight is 315 g/mol. The number of phenolic OH excluding ortho intramolecular Hbond substituents is 1. The number of nitro benzene ring substituents is 1. The van der Waals surface area contributed by atoms with E-state index in [0.29, 0.717) is 5.56 Å². The fourth-order valence-corrected chi connectivity index (χ4v) is 1.62. The number of carbonyl (C=O) groups is 1. The van der Waals surface area contributed by atoms with Gasteiger partial charge in [0, 0.05) is 12.1 Å². The maximum absolute atomic E-state index is 11.5. The van der Waals surface area contributed by atoms with Gasteiger partial charge in [0.05, 0.1) is 11.1 Å². The number of nitrogens with one attached hydrogen (secondary N) is 1. The molecule has 2 N–H and O–H groups in total. The number of nitro groups is 1. The summed E-state index contributed by atoms with van der Waals surface area (Å²) < 4.78 is 5.13. The highest BCUT2D eigenvalue weighted by atomic mass is 16.6. The van der Waals surface area contributed by atoms with Gasteiger partial charge in [-0.05, 0) is 29.8 Å². The number of rotatable bonds is 6. The number of para-hydroxylation sites is 2. The number of hydrogen-bond acceptors (Lipinski definition) is 6. The summed E-state index contributed by atoms with van der Waals surface area (Å²) in [6.07, 6.45) is 1.35. The van der Waals surface area contributed by atoms with Crippen LogP contribution in [0.1, 0.15) is 5.56 Å². The van der Waals surface area contributed by atoms with Crippen LogP contribution in [0, 0.1) is 10.1 Å². The number of amides is 1. The third kappa shape index (κ3) is 4.81. The van der Waals surface area contributed by atoms with Gasteiger partial charge in [0.15, 0.2) is 18.1 Å². The van der Waals surface area contributed by atoms with Crippen molar-refractivity contribution in [3.05, 3.63) is 64.2 Å². The van der Waals surface area contributed by atoms with Crippen LogP contribution in [0.25, 0.3) is 0 Å². The van der Waals surface area contributed by atoms with Crippen molar-refractivity contribution >= 4 is 17.8 Å². The van der Waals surface area contributed by atoms with Crippen molar-refractivity contribution in [2.75, 3.05) is 6.61 Å². The van der Waals surface area contributed by atoms with Gasteiger partial charge >= 0.3 is 0 Å². The first kappa shape index (κ1) is 16.0. The SMILES string of the molecule is O=C(COc1ccccc1O)N/N=C\c1ccc([N+](=O)[O-])cc1. The lowest BCUT2D eigenvalue weighted by Crippen LogP contribution is -2.24. The van der Waals surface area contributed by atoms with E-state index in [4.69, 9.17) is 4.74 Å². The van der Waals surface area contributed by atoms with Crippen LogP contribution in [0.15, 0.2) is 53.6 Å². The van der Waals surface area contributed by atoms with Crippen molar-refractivity contribution in [1.29, 1.82) is 0 Å². The molecule has 0 heterocycles. The van der Waals surface area contributed by atoms with Crippen molar-refractivity contribution < 1.29 is 19.6 Å². The second-order valence-electron chi connectivity index (χ2n) is 4.40. The first-order valence-electron chi connectivity index (χ1n) is 6.53. The standard InChI is InChI=1S/C15H13N3O5/c19-13-3-1-2-4-14(13)23-10-15(20)17-16-9-11-5-7-12(8-6-11)18(21)22/h1-9,19H,10H2,(H,17,20)/b16-9-. The molecule has 0 fully saturated rings. The molecule has 0 bridgehead atoms. The molecule has 0 unspecified atom stereocenters. The van der Waals surface area contributed by atoms with Crippen LogP contribution >= 0.6 is 0 Å². The number of ether oxygens (including phenoxy) is 1.